The van der Waals surface area contributed by atoms with Crippen LogP contribution in [-0.4, -0.2) is 36.2 Å². The Kier molecular flexibility index (Phi) is 6.16. The van der Waals surface area contributed by atoms with E-state index in [1.54, 1.807) is 31.4 Å². The van der Waals surface area contributed by atoms with Crippen molar-refractivity contribution < 1.29 is 22.8 Å². The molecule has 0 radical (unpaired) electrons. The van der Waals surface area contributed by atoms with Crippen molar-refractivity contribution in [1.29, 1.82) is 0 Å². The minimum atomic E-state index is -1.04. The summed E-state index contributed by atoms with van der Waals surface area (Å²) in [5.74, 6) is -1.41. The molecule has 31 heavy (non-hydrogen) atoms. The van der Waals surface area contributed by atoms with Crippen LogP contribution in [0.2, 0.25) is 0 Å². The predicted octanol–water partition coefficient (Wildman–Crippen LogP) is 4.25. The average molecular weight is 426 g/mol. The van der Waals surface area contributed by atoms with Gasteiger partial charge in [0, 0.05) is 24.2 Å². The maximum Gasteiger partial charge on any atom is 0.247 e. The van der Waals surface area contributed by atoms with Gasteiger partial charge in [-0.25, -0.2) is 9.37 Å². The number of nitrogens with zero attached hydrogens (tertiary/aromatic N) is 2. The van der Waals surface area contributed by atoms with Crippen LogP contribution in [0.3, 0.4) is 0 Å². The molecule has 0 bridgehead atoms. The molecule has 1 amide bonds. The maximum absolute atomic E-state index is 14.6. The first-order valence-corrected chi connectivity index (χ1v) is 9.15. The van der Waals surface area contributed by atoms with Crippen LogP contribution < -0.4 is 20.7 Å². The summed E-state index contributed by atoms with van der Waals surface area (Å²) in [4.78, 5) is 19.4. The van der Waals surface area contributed by atoms with E-state index < -0.39 is 17.9 Å². The molecule has 8 nitrogen and oxygen atoms in total. The van der Waals surface area contributed by atoms with E-state index >= 15 is 0 Å². The third-order valence-electron chi connectivity index (χ3n) is 3.77. The van der Waals surface area contributed by atoms with Crippen LogP contribution in [0.4, 0.5) is 33.2 Å². The first-order chi connectivity index (χ1) is 16.3. The minimum absolute atomic E-state index is 0.00683. The monoisotopic (exact) mass is 426 g/mol. The Morgan fingerprint density at radius 2 is 1.94 bits per heavy atom. The van der Waals surface area contributed by atoms with Crippen molar-refractivity contribution in [2.45, 2.75) is 0 Å². The van der Waals surface area contributed by atoms with E-state index in [-0.39, 0.29) is 35.2 Å². The van der Waals surface area contributed by atoms with E-state index in [0.29, 0.717) is 24.7 Å². The standard InChI is InChI=1S/C22H22FN5O3/c1-3-20(29)25-16-5-4-6-17(13-16)26-21-19(23)14-24-22(28-21)27-15-7-9-18(10-8-15)31-12-11-30-2/h3-10,13-14H,1,11-12H2,2H3,(H,25,29)(H2,24,26,27,28)/i4D,13D,14D. The Morgan fingerprint density at radius 1 is 1.16 bits per heavy atom. The normalized spacial score (nSPS) is 11.6. The smallest absolute Gasteiger partial charge is 0.247 e. The summed E-state index contributed by atoms with van der Waals surface area (Å²) in [6.07, 6.45) is 0.351. The summed E-state index contributed by atoms with van der Waals surface area (Å²) < 4.78 is 49.0. The lowest BCUT2D eigenvalue weighted by Crippen LogP contribution is -2.07. The highest BCUT2D eigenvalue weighted by Crippen LogP contribution is 2.23. The van der Waals surface area contributed by atoms with Gasteiger partial charge in [-0.05, 0) is 48.5 Å². The van der Waals surface area contributed by atoms with Gasteiger partial charge in [-0.1, -0.05) is 12.6 Å². The van der Waals surface area contributed by atoms with Gasteiger partial charge in [0.25, 0.3) is 0 Å². The van der Waals surface area contributed by atoms with Gasteiger partial charge in [0.2, 0.25) is 11.9 Å². The molecule has 0 fully saturated rings. The number of hydrogen-bond donors (Lipinski definition) is 3. The number of carbonyl (C=O) groups excluding carboxylic acids is 1. The van der Waals surface area contributed by atoms with E-state index in [2.05, 4.69) is 32.5 Å². The molecular formula is C22H22FN5O3. The molecule has 0 saturated heterocycles. The summed E-state index contributed by atoms with van der Waals surface area (Å²) in [5, 5.41) is 7.92. The maximum atomic E-state index is 14.6. The number of aromatic nitrogens is 2. The Bertz CT molecular complexity index is 1200. The number of hydrogen-bond acceptors (Lipinski definition) is 7. The molecule has 0 aliphatic heterocycles. The van der Waals surface area contributed by atoms with Crippen LogP contribution >= 0.6 is 0 Å². The summed E-state index contributed by atoms with van der Waals surface area (Å²) in [5.41, 5.74) is 0.610. The molecule has 0 unspecified atom stereocenters. The van der Waals surface area contributed by atoms with Crippen molar-refractivity contribution in [3.8, 4) is 5.75 Å². The molecule has 9 heteroatoms. The second-order valence-electron chi connectivity index (χ2n) is 6.04. The fourth-order valence-corrected chi connectivity index (χ4v) is 2.35. The SMILES string of the molecule is [2H]c1cc(NC(=O)C=C)c([2H])c(Nc2nc(Nc3ccc(OCCOC)cc3)nc([2H])c2F)c1. The summed E-state index contributed by atoms with van der Waals surface area (Å²) in [6, 6.07) is 9.14. The Hall–Kier alpha value is -3.98. The zero-order chi connectivity index (χ0) is 24.7. The van der Waals surface area contributed by atoms with Gasteiger partial charge in [-0.2, -0.15) is 4.98 Å². The van der Waals surface area contributed by atoms with Gasteiger partial charge < -0.3 is 25.4 Å². The molecule has 160 valence electrons. The second-order valence-corrected chi connectivity index (χ2v) is 6.04. The number of amides is 1. The minimum Gasteiger partial charge on any atom is -0.491 e. The van der Waals surface area contributed by atoms with E-state index in [9.17, 15) is 9.18 Å². The topological polar surface area (TPSA) is 97.4 Å². The van der Waals surface area contributed by atoms with Crippen molar-refractivity contribution in [1.82, 2.24) is 9.97 Å². The molecule has 0 spiro atoms. The van der Waals surface area contributed by atoms with E-state index in [4.69, 9.17) is 13.6 Å². The molecule has 0 aliphatic rings. The fourth-order valence-electron chi connectivity index (χ4n) is 2.35. The third-order valence-corrected chi connectivity index (χ3v) is 3.77. The first kappa shape index (κ1) is 17.8. The molecule has 1 heterocycles. The van der Waals surface area contributed by atoms with Crippen molar-refractivity contribution in [3.63, 3.8) is 0 Å². The van der Waals surface area contributed by atoms with Crippen LogP contribution in [0, 0.1) is 5.82 Å². The highest BCUT2D eigenvalue weighted by atomic mass is 19.1. The molecule has 3 N–H and O–H groups in total. The number of methoxy groups -OCH3 is 1. The number of nitrogens with one attached hydrogen (secondary N) is 3. The lowest BCUT2D eigenvalue weighted by atomic mass is 10.2. The van der Waals surface area contributed by atoms with Gasteiger partial charge in [0.1, 0.15) is 12.4 Å². The summed E-state index contributed by atoms with van der Waals surface area (Å²) in [6.45, 7) is 4.20. The first-order valence-electron chi connectivity index (χ1n) is 10.7. The van der Waals surface area contributed by atoms with E-state index in [1.165, 1.54) is 12.1 Å². The molecule has 3 rings (SSSR count). The summed E-state index contributed by atoms with van der Waals surface area (Å²) in [7, 11) is 1.58. The Balaban J connectivity index is 1.83. The van der Waals surface area contributed by atoms with Crippen molar-refractivity contribution >= 4 is 34.7 Å². The lowest BCUT2D eigenvalue weighted by molar-refractivity contribution is -0.111. The zero-order valence-corrected chi connectivity index (χ0v) is 16.7. The number of ether oxygens (including phenoxy) is 2. The largest absolute Gasteiger partial charge is 0.491 e. The molecule has 2 aromatic carbocycles. The number of carbonyl (C=O) groups is 1. The molecule has 0 atom stereocenters. The van der Waals surface area contributed by atoms with Gasteiger partial charge in [-0.3, -0.25) is 4.79 Å². The Labute approximate surface area is 183 Å². The zero-order valence-electron chi connectivity index (χ0n) is 19.7. The molecular weight excluding hydrogens is 401 g/mol. The van der Waals surface area contributed by atoms with Gasteiger partial charge in [0.15, 0.2) is 11.6 Å². The quantitative estimate of drug-likeness (QED) is 0.329. The van der Waals surface area contributed by atoms with Gasteiger partial charge >= 0.3 is 0 Å². The summed E-state index contributed by atoms with van der Waals surface area (Å²) >= 11 is 0. The highest BCUT2D eigenvalue weighted by molar-refractivity contribution is 5.99. The van der Waals surface area contributed by atoms with Crippen LogP contribution in [0.1, 0.15) is 4.11 Å². The van der Waals surface area contributed by atoms with Crippen molar-refractivity contribution in [3.05, 3.63) is 73.1 Å². The molecule has 0 aliphatic carbocycles. The molecule has 3 aromatic rings. The average Bonchev–Trinajstić information content (AvgIpc) is 2.81. The van der Waals surface area contributed by atoms with Crippen molar-refractivity contribution in [2.75, 3.05) is 36.3 Å². The van der Waals surface area contributed by atoms with E-state index in [1.807, 2.05) is 0 Å². The fraction of sp³-hybridized carbons (Fsp3) is 0.136. The predicted molar refractivity (Wildman–Crippen MR) is 118 cm³/mol. The lowest BCUT2D eigenvalue weighted by Gasteiger charge is -2.11. The Morgan fingerprint density at radius 3 is 2.68 bits per heavy atom. The number of anilines is 5. The van der Waals surface area contributed by atoms with E-state index in [0.717, 1.165) is 6.08 Å². The number of halogens is 1. The van der Waals surface area contributed by atoms with Gasteiger partial charge in [-0.15, -0.1) is 0 Å². The van der Waals surface area contributed by atoms with Crippen LogP contribution in [0.15, 0.2) is 67.3 Å². The van der Waals surface area contributed by atoms with Crippen LogP contribution in [0.25, 0.3) is 0 Å². The van der Waals surface area contributed by atoms with Gasteiger partial charge in [0.05, 0.1) is 16.9 Å². The van der Waals surface area contributed by atoms with Crippen molar-refractivity contribution in [2.24, 2.45) is 0 Å². The number of rotatable bonds is 10. The number of benzene rings is 2. The second kappa shape index (κ2) is 10.7. The third kappa shape index (κ3) is 6.51. The highest BCUT2D eigenvalue weighted by Gasteiger charge is 2.09. The molecule has 0 saturated carbocycles. The molecule has 1 aromatic heterocycles. The van der Waals surface area contributed by atoms with Crippen LogP contribution in [0.5, 0.6) is 5.75 Å². The van der Waals surface area contributed by atoms with Crippen LogP contribution in [-0.2, 0) is 9.53 Å².